The normalized spacial score (nSPS) is 20.5. The number of carboxylic acid groups (broad SMARTS) is 1. The van der Waals surface area contributed by atoms with E-state index in [1.54, 1.807) is 11.8 Å². The molecule has 1 atom stereocenters. The zero-order chi connectivity index (χ0) is 18.0. The van der Waals surface area contributed by atoms with Crippen molar-refractivity contribution >= 4 is 34.8 Å². The fourth-order valence-corrected chi connectivity index (χ4v) is 4.18. The number of piperidine rings is 1. The molecule has 132 valence electrons. The van der Waals surface area contributed by atoms with E-state index in [9.17, 15) is 14.7 Å². The number of amides is 1. The van der Waals surface area contributed by atoms with Gasteiger partial charge in [-0.2, -0.15) is 0 Å². The lowest BCUT2D eigenvalue weighted by Crippen LogP contribution is -2.48. The quantitative estimate of drug-likeness (QED) is 0.880. The van der Waals surface area contributed by atoms with Crippen LogP contribution in [0.1, 0.15) is 25.5 Å². The molecule has 1 aromatic heterocycles. The van der Waals surface area contributed by atoms with E-state index < -0.39 is 11.4 Å². The highest BCUT2D eigenvalue weighted by Crippen LogP contribution is 2.32. The van der Waals surface area contributed by atoms with Crippen LogP contribution in [-0.2, 0) is 16.0 Å². The van der Waals surface area contributed by atoms with E-state index in [4.69, 9.17) is 11.6 Å². The average molecular weight is 379 g/mol. The number of carbonyl (C=O) groups is 2. The summed E-state index contributed by atoms with van der Waals surface area (Å²) in [7, 11) is 0. The van der Waals surface area contributed by atoms with Crippen LogP contribution in [0.5, 0.6) is 0 Å². The summed E-state index contributed by atoms with van der Waals surface area (Å²) in [5.41, 5.74) is 0.676. The highest BCUT2D eigenvalue weighted by atomic mass is 35.5. The minimum absolute atomic E-state index is 0.0804. The minimum Gasteiger partial charge on any atom is -0.481 e. The van der Waals surface area contributed by atoms with Gasteiger partial charge in [-0.1, -0.05) is 29.8 Å². The van der Waals surface area contributed by atoms with Crippen molar-refractivity contribution in [3.8, 4) is 10.6 Å². The lowest BCUT2D eigenvalue weighted by atomic mass is 9.82. The molecule has 0 spiro atoms. The fourth-order valence-electron chi connectivity index (χ4n) is 3.04. The summed E-state index contributed by atoms with van der Waals surface area (Å²) in [4.78, 5) is 30.2. The largest absolute Gasteiger partial charge is 0.481 e. The first kappa shape index (κ1) is 17.9. The predicted octanol–water partition coefficient (Wildman–Crippen LogP) is 3.72. The molecular formula is C18H19ClN2O3S. The number of hydrogen-bond acceptors (Lipinski definition) is 4. The Labute approximate surface area is 155 Å². The van der Waals surface area contributed by atoms with Crippen molar-refractivity contribution in [1.82, 2.24) is 9.88 Å². The number of carbonyl (C=O) groups excluding carboxylic acids is 1. The molecule has 1 fully saturated rings. The van der Waals surface area contributed by atoms with Crippen molar-refractivity contribution in [3.05, 3.63) is 40.4 Å². The number of likely N-dealkylation sites (tertiary alicyclic amines) is 1. The van der Waals surface area contributed by atoms with Gasteiger partial charge in [0.15, 0.2) is 0 Å². The molecule has 0 saturated carbocycles. The SMILES string of the molecule is CC1(C(=O)O)CCCN(C(=O)Cc2csc(-c3ccccc3Cl)n2)C1. The Hall–Kier alpha value is -1.92. The molecular weight excluding hydrogens is 360 g/mol. The molecule has 1 aliphatic heterocycles. The van der Waals surface area contributed by atoms with Gasteiger partial charge in [0.05, 0.1) is 22.6 Å². The summed E-state index contributed by atoms with van der Waals surface area (Å²) >= 11 is 7.64. The first-order valence-electron chi connectivity index (χ1n) is 8.09. The smallest absolute Gasteiger partial charge is 0.311 e. The zero-order valence-electron chi connectivity index (χ0n) is 13.9. The fraction of sp³-hybridized carbons (Fsp3) is 0.389. The summed E-state index contributed by atoms with van der Waals surface area (Å²) in [6.45, 7) is 2.55. The number of aliphatic carboxylic acids is 1. The molecule has 2 aromatic rings. The zero-order valence-corrected chi connectivity index (χ0v) is 15.4. The number of hydrogen-bond donors (Lipinski definition) is 1. The number of thiazole rings is 1. The van der Waals surface area contributed by atoms with Crippen molar-refractivity contribution in [2.24, 2.45) is 5.41 Å². The van der Waals surface area contributed by atoms with Crippen LogP contribution in [0.4, 0.5) is 0 Å². The molecule has 1 saturated heterocycles. The van der Waals surface area contributed by atoms with E-state index in [2.05, 4.69) is 4.98 Å². The van der Waals surface area contributed by atoms with Crippen LogP contribution in [0, 0.1) is 5.41 Å². The molecule has 5 nitrogen and oxygen atoms in total. The van der Waals surface area contributed by atoms with Gasteiger partial charge >= 0.3 is 5.97 Å². The maximum absolute atomic E-state index is 12.6. The Morgan fingerprint density at radius 3 is 2.88 bits per heavy atom. The summed E-state index contributed by atoms with van der Waals surface area (Å²) < 4.78 is 0. The van der Waals surface area contributed by atoms with Crippen LogP contribution in [0.3, 0.4) is 0 Å². The van der Waals surface area contributed by atoms with E-state index in [1.807, 2.05) is 29.6 Å². The number of aromatic nitrogens is 1. The van der Waals surface area contributed by atoms with Gasteiger partial charge in [0.25, 0.3) is 0 Å². The second kappa shape index (κ2) is 7.14. The molecule has 0 aliphatic carbocycles. The molecule has 1 aromatic carbocycles. The van der Waals surface area contributed by atoms with Crippen LogP contribution in [0.15, 0.2) is 29.6 Å². The third-order valence-electron chi connectivity index (χ3n) is 4.55. The van der Waals surface area contributed by atoms with E-state index in [0.29, 0.717) is 30.1 Å². The molecule has 7 heteroatoms. The third-order valence-corrected chi connectivity index (χ3v) is 5.81. The highest BCUT2D eigenvalue weighted by Gasteiger charge is 2.39. The van der Waals surface area contributed by atoms with Gasteiger partial charge < -0.3 is 10.0 Å². The van der Waals surface area contributed by atoms with Gasteiger partial charge in [0.1, 0.15) is 5.01 Å². The molecule has 0 bridgehead atoms. The molecule has 3 rings (SSSR count). The van der Waals surface area contributed by atoms with Crippen LogP contribution in [-0.4, -0.2) is 40.0 Å². The molecule has 2 heterocycles. The van der Waals surface area contributed by atoms with Crippen molar-refractivity contribution in [1.29, 1.82) is 0 Å². The highest BCUT2D eigenvalue weighted by molar-refractivity contribution is 7.13. The minimum atomic E-state index is -0.862. The Morgan fingerprint density at radius 2 is 2.16 bits per heavy atom. The van der Waals surface area contributed by atoms with Crippen LogP contribution >= 0.6 is 22.9 Å². The maximum atomic E-state index is 12.6. The first-order valence-corrected chi connectivity index (χ1v) is 9.35. The van der Waals surface area contributed by atoms with Crippen molar-refractivity contribution in [2.45, 2.75) is 26.2 Å². The number of halogens is 1. The monoisotopic (exact) mass is 378 g/mol. The van der Waals surface area contributed by atoms with Gasteiger partial charge in [0, 0.05) is 24.0 Å². The Balaban J connectivity index is 1.70. The number of carboxylic acids is 1. The Bertz CT molecular complexity index is 807. The molecule has 1 unspecified atom stereocenters. The molecule has 1 N–H and O–H groups in total. The number of benzene rings is 1. The first-order chi connectivity index (χ1) is 11.9. The third kappa shape index (κ3) is 3.85. The molecule has 0 radical (unpaired) electrons. The molecule has 25 heavy (non-hydrogen) atoms. The number of nitrogens with zero attached hydrogens (tertiary/aromatic N) is 2. The van der Waals surface area contributed by atoms with Crippen LogP contribution < -0.4 is 0 Å². The average Bonchev–Trinajstić information content (AvgIpc) is 3.03. The maximum Gasteiger partial charge on any atom is 0.311 e. The van der Waals surface area contributed by atoms with E-state index >= 15 is 0 Å². The summed E-state index contributed by atoms with van der Waals surface area (Å²) in [5, 5.41) is 12.6. The van der Waals surface area contributed by atoms with Gasteiger partial charge in [-0.15, -0.1) is 11.3 Å². The van der Waals surface area contributed by atoms with E-state index in [1.165, 1.54) is 11.3 Å². The Morgan fingerprint density at radius 1 is 1.40 bits per heavy atom. The molecule has 1 amide bonds. The van der Waals surface area contributed by atoms with Crippen molar-refractivity contribution in [2.75, 3.05) is 13.1 Å². The standard InChI is InChI=1S/C18H19ClN2O3S/c1-18(17(23)24)7-4-8-21(11-18)15(22)9-12-10-25-16(20-12)13-5-2-3-6-14(13)19/h2-3,5-6,10H,4,7-9,11H2,1H3,(H,23,24). The summed E-state index contributed by atoms with van der Waals surface area (Å²) in [5.74, 6) is -0.928. The Kier molecular flexibility index (Phi) is 5.11. The van der Waals surface area contributed by atoms with Gasteiger partial charge in [-0.05, 0) is 25.8 Å². The predicted molar refractivity (Wildman–Crippen MR) is 97.8 cm³/mol. The summed E-state index contributed by atoms with van der Waals surface area (Å²) in [6, 6.07) is 7.47. The van der Waals surface area contributed by atoms with Gasteiger partial charge in [-0.25, -0.2) is 4.98 Å². The summed E-state index contributed by atoms with van der Waals surface area (Å²) in [6.07, 6.45) is 1.48. The van der Waals surface area contributed by atoms with E-state index in [-0.39, 0.29) is 18.9 Å². The van der Waals surface area contributed by atoms with Crippen molar-refractivity contribution in [3.63, 3.8) is 0 Å². The number of rotatable bonds is 4. The topological polar surface area (TPSA) is 70.5 Å². The van der Waals surface area contributed by atoms with Crippen molar-refractivity contribution < 1.29 is 14.7 Å². The van der Waals surface area contributed by atoms with Gasteiger partial charge in [-0.3, -0.25) is 9.59 Å². The van der Waals surface area contributed by atoms with E-state index in [0.717, 1.165) is 10.6 Å². The van der Waals surface area contributed by atoms with Gasteiger partial charge in [0.2, 0.25) is 5.91 Å². The lowest BCUT2D eigenvalue weighted by Gasteiger charge is -2.37. The second-order valence-corrected chi connectivity index (χ2v) is 7.85. The molecule has 1 aliphatic rings. The lowest BCUT2D eigenvalue weighted by molar-refractivity contribution is -0.153. The second-order valence-electron chi connectivity index (χ2n) is 6.59. The van der Waals surface area contributed by atoms with Crippen LogP contribution in [0.25, 0.3) is 10.6 Å². The van der Waals surface area contributed by atoms with Crippen LogP contribution in [0.2, 0.25) is 5.02 Å².